The second-order valence-corrected chi connectivity index (χ2v) is 3.42. The topological polar surface area (TPSA) is 61.5 Å². The second-order valence-electron chi connectivity index (χ2n) is 3.42. The highest BCUT2D eigenvalue weighted by atomic mass is 16.5. The molecule has 0 aliphatic carbocycles. The molecular weight excluding hydrogens is 182 g/mol. The van der Waals surface area contributed by atoms with E-state index in [2.05, 4.69) is 6.92 Å². The fraction of sp³-hybridized carbons (Fsp3) is 0.900. The zero-order valence-corrected chi connectivity index (χ0v) is 9.29. The van der Waals surface area contributed by atoms with Crippen molar-refractivity contribution in [3.63, 3.8) is 0 Å². The summed E-state index contributed by atoms with van der Waals surface area (Å²) in [6.45, 7) is 4.41. The van der Waals surface area contributed by atoms with Crippen molar-refractivity contribution in [1.29, 1.82) is 0 Å². The number of rotatable bonds is 7. The lowest BCUT2D eigenvalue weighted by Gasteiger charge is -2.15. The summed E-state index contributed by atoms with van der Waals surface area (Å²) in [4.78, 5) is 11.3. The minimum absolute atomic E-state index is 0.0407. The van der Waals surface area contributed by atoms with Gasteiger partial charge in [-0.15, -0.1) is 0 Å². The van der Waals surface area contributed by atoms with Gasteiger partial charge in [-0.3, -0.25) is 4.79 Å². The van der Waals surface area contributed by atoms with Crippen molar-refractivity contribution >= 4 is 5.97 Å². The maximum absolute atomic E-state index is 11.3. The molecule has 14 heavy (non-hydrogen) atoms. The maximum atomic E-state index is 11.3. The molecule has 0 rings (SSSR count). The van der Waals surface area contributed by atoms with Gasteiger partial charge >= 0.3 is 5.97 Å². The Balaban J connectivity index is 3.71. The lowest BCUT2D eigenvalue weighted by Crippen LogP contribution is -2.35. The van der Waals surface area contributed by atoms with E-state index in [1.807, 2.05) is 6.92 Å². The molecule has 2 unspecified atom stereocenters. The van der Waals surface area contributed by atoms with E-state index in [0.29, 0.717) is 13.0 Å². The van der Waals surface area contributed by atoms with Crippen LogP contribution in [0, 0.1) is 0 Å². The first-order valence-corrected chi connectivity index (χ1v) is 5.06. The summed E-state index contributed by atoms with van der Waals surface area (Å²) < 4.78 is 9.96. The third kappa shape index (κ3) is 5.94. The standard InChI is InChI=1S/C10H21NO3/c1-4-5-8(2)14-10(12)9(11)6-7-13-3/h8-9H,4-7,11H2,1-3H3. The molecule has 0 aliphatic rings. The first-order chi connectivity index (χ1) is 6.61. The number of hydrogen-bond acceptors (Lipinski definition) is 4. The Morgan fingerprint density at radius 2 is 2.07 bits per heavy atom. The Hall–Kier alpha value is -0.610. The monoisotopic (exact) mass is 203 g/mol. The normalized spacial score (nSPS) is 14.9. The van der Waals surface area contributed by atoms with E-state index in [4.69, 9.17) is 15.2 Å². The number of hydrogen-bond donors (Lipinski definition) is 1. The minimum atomic E-state index is -0.561. The SMILES string of the molecule is CCCC(C)OC(=O)C(N)CCOC. The highest BCUT2D eigenvalue weighted by Gasteiger charge is 2.16. The van der Waals surface area contributed by atoms with Crippen molar-refractivity contribution in [2.24, 2.45) is 5.73 Å². The van der Waals surface area contributed by atoms with Crippen molar-refractivity contribution in [1.82, 2.24) is 0 Å². The molecule has 0 saturated carbocycles. The molecule has 0 heterocycles. The van der Waals surface area contributed by atoms with E-state index >= 15 is 0 Å². The van der Waals surface area contributed by atoms with Crippen LogP contribution in [0.2, 0.25) is 0 Å². The molecule has 0 saturated heterocycles. The van der Waals surface area contributed by atoms with Gasteiger partial charge in [-0.25, -0.2) is 0 Å². The maximum Gasteiger partial charge on any atom is 0.323 e. The summed E-state index contributed by atoms with van der Waals surface area (Å²) in [6, 6.07) is -0.561. The molecular formula is C10H21NO3. The first-order valence-electron chi connectivity index (χ1n) is 5.06. The van der Waals surface area contributed by atoms with Gasteiger partial charge in [0.05, 0.1) is 6.10 Å². The van der Waals surface area contributed by atoms with Gasteiger partial charge < -0.3 is 15.2 Å². The number of methoxy groups -OCH3 is 1. The summed E-state index contributed by atoms with van der Waals surface area (Å²) in [5.41, 5.74) is 5.59. The second kappa shape index (κ2) is 7.76. The van der Waals surface area contributed by atoms with Crippen LogP contribution < -0.4 is 5.73 Å². The van der Waals surface area contributed by atoms with Crippen molar-refractivity contribution in [2.75, 3.05) is 13.7 Å². The van der Waals surface area contributed by atoms with Crippen LogP contribution in [0.1, 0.15) is 33.1 Å². The van der Waals surface area contributed by atoms with E-state index < -0.39 is 6.04 Å². The van der Waals surface area contributed by atoms with E-state index in [1.165, 1.54) is 0 Å². The predicted octanol–water partition coefficient (Wildman–Crippen LogP) is 1.08. The minimum Gasteiger partial charge on any atom is -0.462 e. The van der Waals surface area contributed by atoms with Gasteiger partial charge in [0, 0.05) is 13.7 Å². The average molecular weight is 203 g/mol. The Labute approximate surface area is 85.8 Å². The molecule has 0 aromatic rings. The number of esters is 1. The average Bonchev–Trinajstić information content (AvgIpc) is 2.14. The molecule has 0 radical (unpaired) electrons. The zero-order valence-electron chi connectivity index (χ0n) is 9.29. The Bertz CT molecular complexity index is 161. The molecule has 4 nitrogen and oxygen atoms in total. The first kappa shape index (κ1) is 13.4. The van der Waals surface area contributed by atoms with Gasteiger partial charge in [0.25, 0.3) is 0 Å². The van der Waals surface area contributed by atoms with Crippen LogP contribution in [-0.2, 0) is 14.3 Å². The molecule has 2 N–H and O–H groups in total. The van der Waals surface area contributed by atoms with Crippen LogP contribution in [0.3, 0.4) is 0 Å². The molecule has 84 valence electrons. The van der Waals surface area contributed by atoms with Gasteiger partial charge in [-0.05, 0) is 19.8 Å². The summed E-state index contributed by atoms with van der Waals surface area (Å²) in [5.74, 6) is -0.331. The van der Waals surface area contributed by atoms with Crippen LogP contribution in [0.5, 0.6) is 0 Å². The molecule has 0 fully saturated rings. The molecule has 4 heteroatoms. The third-order valence-electron chi connectivity index (χ3n) is 1.95. The van der Waals surface area contributed by atoms with E-state index in [0.717, 1.165) is 12.8 Å². The van der Waals surface area contributed by atoms with Gasteiger partial charge in [-0.1, -0.05) is 13.3 Å². The highest BCUT2D eigenvalue weighted by molar-refractivity contribution is 5.75. The van der Waals surface area contributed by atoms with Gasteiger partial charge in [0.2, 0.25) is 0 Å². The Morgan fingerprint density at radius 1 is 1.43 bits per heavy atom. The molecule has 0 aromatic carbocycles. The van der Waals surface area contributed by atoms with E-state index in [9.17, 15) is 4.79 Å². The van der Waals surface area contributed by atoms with E-state index in [1.54, 1.807) is 7.11 Å². The molecule has 0 spiro atoms. The molecule has 0 aromatic heterocycles. The van der Waals surface area contributed by atoms with Gasteiger partial charge in [0.1, 0.15) is 6.04 Å². The number of nitrogens with two attached hydrogens (primary N) is 1. The van der Waals surface area contributed by atoms with Crippen LogP contribution in [-0.4, -0.2) is 31.8 Å². The highest BCUT2D eigenvalue weighted by Crippen LogP contribution is 2.03. The smallest absolute Gasteiger partial charge is 0.323 e. The summed E-state index contributed by atoms with van der Waals surface area (Å²) in [5, 5.41) is 0. The number of carbonyl (C=O) groups excluding carboxylic acids is 1. The summed E-state index contributed by atoms with van der Waals surface area (Å²) in [7, 11) is 1.58. The van der Waals surface area contributed by atoms with E-state index in [-0.39, 0.29) is 12.1 Å². The fourth-order valence-electron chi connectivity index (χ4n) is 1.11. The summed E-state index contributed by atoms with van der Waals surface area (Å²) in [6.07, 6.45) is 2.35. The third-order valence-corrected chi connectivity index (χ3v) is 1.95. The van der Waals surface area contributed by atoms with Gasteiger partial charge in [-0.2, -0.15) is 0 Å². The number of carbonyl (C=O) groups is 1. The van der Waals surface area contributed by atoms with Crippen molar-refractivity contribution < 1.29 is 14.3 Å². The molecule has 2 atom stereocenters. The van der Waals surface area contributed by atoms with Gasteiger partial charge in [0.15, 0.2) is 0 Å². The predicted molar refractivity (Wildman–Crippen MR) is 54.9 cm³/mol. The molecule has 0 aliphatic heterocycles. The van der Waals surface area contributed by atoms with Crippen LogP contribution in [0.25, 0.3) is 0 Å². The molecule has 0 bridgehead atoms. The quantitative estimate of drug-likeness (QED) is 0.629. The van der Waals surface area contributed by atoms with Crippen LogP contribution >= 0.6 is 0 Å². The Kier molecular flexibility index (Phi) is 7.42. The lowest BCUT2D eigenvalue weighted by atomic mass is 10.2. The largest absolute Gasteiger partial charge is 0.462 e. The van der Waals surface area contributed by atoms with Crippen molar-refractivity contribution in [3.8, 4) is 0 Å². The Morgan fingerprint density at radius 3 is 2.57 bits per heavy atom. The molecule has 0 amide bonds. The van der Waals surface area contributed by atoms with Crippen molar-refractivity contribution in [2.45, 2.75) is 45.3 Å². The van der Waals surface area contributed by atoms with Crippen LogP contribution in [0.4, 0.5) is 0 Å². The number of ether oxygens (including phenoxy) is 2. The van der Waals surface area contributed by atoms with Crippen LogP contribution in [0.15, 0.2) is 0 Å². The lowest BCUT2D eigenvalue weighted by molar-refractivity contribution is -0.150. The fourth-order valence-corrected chi connectivity index (χ4v) is 1.11. The zero-order chi connectivity index (χ0) is 11.0. The summed E-state index contributed by atoms with van der Waals surface area (Å²) >= 11 is 0. The van der Waals surface area contributed by atoms with Crippen molar-refractivity contribution in [3.05, 3.63) is 0 Å².